The highest BCUT2D eigenvalue weighted by Crippen LogP contribution is 2.23. The van der Waals surface area contributed by atoms with Gasteiger partial charge in [-0.15, -0.1) is 0 Å². The number of aromatic hydroxyl groups is 1. The van der Waals surface area contributed by atoms with Crippen molar-refractivity contribution in [3.8, 4) is 5.75 Å². The highest BCUT2D eigenvalue weighted by atomic mass is 16.4. The molecular formula is C17H19NO3. The second-order valence-electron chi connectivity index (χ2n) is 5.19. The van der Waals surface area contributed by atoms with E-state index >= 15 is 0 Å². The van der Waals surface area contributed by atoms with Crippen molar-refractivity contribution in [2.24, 2.45) is 0 Å². The van der Waals surface area contributed by atoms with Crippen LogP contribution in [0.25, 0.3) is 0 Å². The zero-order chi connectivity index (χ0) is 15.4. The minimum Gasteiger partial charge on any atom is -0.508 e. The summed E-state index contributed by atoms with van der Waals surface area (Å²) in [6, 6.07) is 14.3. The molecule has 4 nitrogen and oxygen atoms in total. The first-order valence-corrected chi connectivity index (χ1v) is 6.79. The number of carboxylic acids is 1. The summed E-state index contributed by atoms with van der Waals surface area (Å²) in [5.74, 6) is -0.651. The number of carboxylic acid groups (broad SMARTS) is 1. The van der Waals surface area contributed by atoms with E-state index in [1.165, 1.54) is 0 Å². The van der Waals surface area contributed by atoms with Crippen LogP contribution < -0.4 is 0 Å². The predicted octanol–water partition coefficient (Wildman–Crippen LogP) is 3.28. The van der Waals surface area contributed by atoms with Crippen LogP contribution in [0.3, 0.4) is 0 Å². The smallest absolute Gasteiger partial charge is 0.335 e. The molecule has 2 rings (SSSR count). The maximum Gasteiger partial charge on any atom is 0.335 e. The maximum atomic E-state index is 10.8. The molecule has 2 aromatic rings. The van der Waals surface area contributed by atoms with Crippen molar-refractivity contribution >= 4 is 5.97 Å². The molecule has 2 N–H and O–H groups in total. The van der Waals surface area contributed by atoms with Crippen molar-refractivity contribution < 1.29 is 15.0 Å². The van der Waals surface area contributed by atoms with Crippen molar-refractivity contribution in [3.63, 3.8) is 0 Å². The lowest BCUT2D eigenvalue weighted by molar-refractivity contribution is 0.0697. The molecule has 0 amide bonds. The number of hydrogen-bond donors (Lipinski definition) is 2. The standard InChI is InChI=1S/C17H19NO3/c1-12(15-4-3-5-16(19)10-15)18(2)11-13-6-8-14(9-7-13)17(20)21/h3-10,12,19H,11H2,1-2H3,(H,20,21). The first-order chi connectivity index (χ1) is 9.97. The van der Waals surface area contributed by atoms with Gasteiger partial charge >= 0.3 is 5.97 Å². The maximum absolute atomic E-state index is 10.8. The Balaban J connectivity index is 2.06. The second-order valence-corrected chi connectivity index (χ2v) is 5.19. The molecule has 0 heterocycles. The minimum absolute atomic E-state index is 0.149. The van der Waals surface area contributed by atoms with E-state index in [1.54, 1.807) is 24.3 Å². The number of rotatable bonds is 5. The van der Waals surface area contributed by atoms with Crippen molar-refractivity contribution in [2.75, 3.05) is 7.05 Å². The van der Waals surface area contributed by atoms with Crippen molar-refractivity contribution in [2.45, 2.75) is 19.5 Å². The van der Waals surface area contributed by atoms with Crippen LogP contribution in [0.15, 0.2) is 48.5 Å². The van der Waals surface area contributed by atoms with E-state index in [-0.39, 0.29) is 11.8 Å². The van der Waals surface area contributed by atoms with Gasteiger partial charge in [0.1, 0.15) is 5.75 Å². The molecule has 0 aliphatic carbocycles. The van der Waals surface area contributed by atoms with E-state index in [0.29, 0.717) is 12.1 Å². The molecule has 1 unspecified atom stereocenters. The van der Waals surface area contributed by atoms with E-state index in [1.807, 2.05) is 31.3 Å². The Hall–Kier alpha value is -2.33. The molecule has 0 saturated carbocycles. The number of nitrogens with zero attached hydrogens (tertiary/aromatic N) is 1. The fourth-order valence-electron chi connectivity index (χ4n) is 2.22. The van der Waals surface area contributed by atoms with Crippen LogP contribution >= 0.6 is 0 Å². The molecule has 0 aliphatic rings. The molecule has 2 aromatic carbocycles. The van der Waals surface area contributed by atoms with Gasteiger partial charge in [-0.3, -0.25) is 4.90 Å². The van der Waals surface area contributed by atoms with Crippen molar-refractivity contribution in [1.29, 1.82) is 0 Å². The van der Waals surface area contributed by atoms with Crippen LogP contribution in [-0.2, 0) is 6.54 Å². The molecule has 0 radical (unpaired) electrons. The average molecular weight is 285 g/mol. The van der Waals surface area contributed by atoms with Gasteiger partial charge in [-0.05, 0) is 49.4 Å². The number of phenols is 1. The molecule has 4 heteroatoms. The van der Waals surface area contributed by atoms with Gasteiger partial charge in [0.25, 0.3) is 0 Å². The summed E-state index contributed by atoms with van der Waals surface area (Å²) >= 11 is 0. The van der Waals surface area contributed by atoms with Crippen LogP contribution in [0.1, 0.15) is 34.5 Å². The highest BCUT2D eigenvalue weighted by molar-refractivity contribution is 5.87. The predicted molar refractivity (Wildman–Crippen MR) is 81.4 cm³/mol. The van der Waals surface area contributed by atoms with Crippen molar-refractivity contribution in [3.05, 3.63) is 65.2 Å². The Morgan fingerprint density at radius 1 is 1.19 bits per heavy atom. The first-order valence-electron chi connectivity index (χ1n) is 6.79. The van der Waals surface area contributed by atoms with E-state index < -0.39 is 5.97 Å². The van der Waals surface area contributed by atoms with Crippen LogP contribution in [0, 0.1) is 0 Å². The normalized spacial score (nSPS) is 12.3. The lowest BCUT2D eigenvalue weighted by atomic mass is 10.1. The van der Waals surface area contributed by atoms with Crippen LogP contribution in [0.5, 0.6) is 5.75 Å². The molecule has 21 heavy (non-hydrogen) atoms. The highest BCUT2D eigenvalue weighted by Gasteiger charge is 2.12. The van der Waals surface area contributed by atoms with Crippen LogP contribution in [-0.4, -0.2) is 28.1 Å². The second kappa shape index (κ2) is 6.41. The lowest BCUT2D eigenvalue weighted by Crippen LogP contribution is -2.21. The Kier molecular flexibility index (Phi) is 4.60. The third kappa shape index (κ3) is 3.83. The van der Waals surface area contributed by atoms with Gasteiger partial charge < -0.3 is 10.2 Å². The number of phenolic OH excluding ortho intramolecular Hbond substituents is 1. The van der Waals surface area contributed by atoms with Crippen molar-refractivity contribution in [1.82, 2.24) is 4.90 Å². The fourth-order valence-corrected chi connectivity index (χ4v) is 2.22. The zero-order valence-electron chi connectivity index (χ0n) is 12.2. The molecule has 0 aromatic heterocycles. The Morgan fingerprint density at radius 3 is 2.43 bits per heavy atom. The van der Waals surface area contributed by atoms with Gasteiger partial charge in [-0.25, -0.2) is 4.79 Å². The van der Waals surface area contributed by atoms with E-state index in [2.05, 4.69) is 11.8 Å². The monoisotopic (exact) mass is 285 g/mol. The zero-order valence-corrected chi connectivity index (χ0v) is 12.2. The van der Waals surface area contributed by atoms with Crippen LogP contribution in [0.2, 0.25) is 0 Å². The average Bonchev–Trinajstić information content (AvgIpc) is 2.47. The summed E-state index contributed by atoms with van der Waals surface area (Å²) in [7, 11) is 2.00. The quantitative estimate of drug-likeness (QED) is 0.885. The molecule has 110 valence electrons. The number of aromatic carboxylic acids is 1. The van der Waals surface area contributed by atoms with E-state index in [4.69, 9.17) is 5.11 Å². The summed E-state index contributed by atoms with van der Waals surface area (Å²) in [6.45, 7) is 2.77. The fraction of sp³-hybridized carbons (Fsp3) is 0.235. The van der Waals surface area contributed by atoms with Gasteiger partial charge in [0.05, 0.1) is 5.56 Å². The van der Waals surface area contributed by atoms with Crippen LogP contribution in [0.4, 0.5) is 0 Å². The van der Waals surface area contributed by atoms with Gasteiger partial charge in [0, 0.05) is 12.6 Å². The summed E-state index contributed by atoms with van der Waals surface area (Å²) in [5.41, 5.74) is 2.39. The largest absolute Gasteiger partial charge is 0.508 e. The van der Waals surface area contributed by atoms with Gasteiger partial charge in [-0.2, -0.15) is 0 Å². The summed E-state index contributed by atoms with van der Waals surface area (Å²) in [6.07, 6.45) is 0. The molecular weight excluding hydrogens is 266 g/mol. The number of carbonyl (C=O) groups is 1. The van der Waals surface area contributed by atoms with Gasteiger partial charge in [-0.1, -0.05) is 24.3 Å². The first kappa shape index (κ1) is 15.1. The van der Waals surface area contributed by atoms with Gasteiger partial charge in [0.2, 0.25) is 0 Å². The molecule has 0 spiro atoms. The van der Waals surface area contributed by atoms with Gasteiger partial charge in [0.15, 0.2) is 0 Å². The lowest BCUT2D eigenvalue weighted by Gasteiger charge is -2.25. The molecule has 0 aliphatic heterocycles. The SMILES string of the molecule is CC(c1cccc(O)c1)N(C)Cc1ccc(C(=O)O)cc1. The third-order valence-corrected chi connectivity index (χ3v) is 3.65. The molecule has 0 bridgehead atoms. The number of benzene rings is 2. The number of hydrogen-bond acceptors (Lipinski definition) is 3. The Labute approximate surface area is 124 Å². The molecule has 0 saturated heterocycles. The summed E-state index contributed by atoms with van der Waals surface area (Å²) in [4.78, 5) is 13.0. The summed E-state index contributed by atoms with van der Waals surface area (Å²) in [5, 5.41) is 18.4. The Morgan fingerprint density at radius 2 is 1.86 bits per heavy atom. The summed E-state index contributed by atoms with van der Waals surface area (Å²) < 4.78 is 0. The van der Waals surface area contributed by atoms with E-state index in [0.717, 1.165) is 11.1 Å². The Bertz CT molecular complexity index is 622. The molecule has 1 atom stereocenters. The topological polar surface area (TPSA) is 60.8 Å². The minimum atomic E-state index is -0.914. The molecule has 0 fully saturated rings. The van der Waals surface area contributed by atoms with E-state index in [9.17, 15) is 9.90 Å². The third-order valence-electron chi connectivity index (χ3n) is 3.65.